The molecule has 5 heteroatoms. The molecule has 0 spiro atoms. The van der Waals surface area contributed by atoms with Crippen LogP contribution in [0.5, 0.6) is 0 Å². The summed E-state index contributed by atoms with van der Waals surface area (Å²) in [5.41, 5.74) is 1.01. The van der Waals surface area contributed by atoms with Gasteiger partial charge in [0, 0.05) is 26.5 Å². The first-order valence-corrected chi connectivity index (χ1v) is 7.21. The topological polar surface area (TPSA) is 53.0 Å². The van der Waals surface area contributed by atoms with Gasteiger partial charge in [-0.25, -0.2) is 0 Å². The van der Waals surface area contributed by atoms with E-state index >= 15 is 0 Å². The van der Waals surface area contributed by atoms with Crippen LogP contribution in [-0.2, 0) is 5.41 Å². The van der Waals surface area contributed by atoms with Crippen LogP contribution in [0, 0.1) is 23.0 Å². The maximum absolute atomic E-state index is 11.4. The highest BCUT2D eigenvalue weighted by Gasteiger charge is 2.55. The van der Waals surface area contributed by atoms with Crippen LogP contribution in [0.2, 0.25) is 0 Å². The van der Waals surface area contributed by atoms with Crippen molar-refractivity contribution in [3.8, 4) is 0 Å². The van der Waals surface area contributed by atoms with Gasteiger partial charge in [-0.1, -0.05) is 0 Å². The fraction of sp³-hybridized carbons (Fsp3) is 0.833. The lowest BCUT2D eigenvalue weighted by molar-refractivity contribution is -0.811. The summed E-state index contributed by atoms with van der Waals surface area (Å²) in [4.78, 5) is 0.494. The van der Waals surface area contributed by atoms with E-state index in [2.05, 4.69) is 21.1 Å². The Morgan fingerprint density at radius 2 is 1.71 bits per heavy atom. The Labute approximate surface area is 108 Å². The van der Waals surface area contributed by atoms with Gasteiger partial charge in [0.05, 0.1) is 0 Å². The molecule has 4 fully saturated rings. The average molecular weight is 299 g/mol. The molecule has 0 radical (unpaired) electrons. The minimum atomic E-state index is 0.132. The summed E-state index contributed by atoms with van der Waals surface area (Å²) in [7, 11) is 0. The van der Waals surface area contributed by atoms with Gasteiger partial charge < -0.3 is 5.21 Å². The molecule has 0 atom stereocenters. The monoisotopic (exact) mass is 298 g/mol. The number of hydrogen-bond acceptors (Lipinski definition) is 3. The van der Waals surface area contributed by atoms with Crippen LogP contribution in [-0.4, -0.2) is 5.16 Å². The SMILES string of the molecule is [O-][n+]1onc(C23CC4CC(CC(C4)C2)C3)c1Br. The molecule has 5 rings (SSSR count). The molecule has 4 nitrogen and oxygen atoms in total. The largest absolute Gasteiger partial charge is 0.359 e. The molecular formula is C12H15BrN2O2. The van der Waals surface area contributed by atoms with Crippen molar-refractivity contribution in [2.24, 2.45) is 17.8 Å². The third-order valence-electron chi connectivity index (χ3n) is 5.10. The van der Waals surface area contributed by atoms with E-state index in [4.69, 9.17) is 4.63 Å². The van der Waals surface area contributed by atoms with Crippen molar-refractivity contribution in [2.75, 3.05) is 0 Å². The maximum Gasteiger partial charge on any atom is 0.264 e. The Morgan fingerprint density at radius 3 is 2.12 bits per heavy atom. The predicted molar refractivity (Wildman–Crippen MR) is 63.0 cm³/mol. The third-order valence-corrected chi connectivity index (χ3v) is 5.77. The highest BCUT2D eigenvalue weighted by Crippen LogP contribution is 2.60. The minimum Gasteiger partial charge on any atom is -0.359 e. The summed E-state index contributed by atoms with van der Waals surface area (Å²) >= 11 is 3.33. The highest BCUT2D eigenvalue weighted by molar-refractivity contribution is 9.10. The molecule has 0 aromatic carbocycles. The van der Waals surface area contributed by atoms with E-state index in [1.807, 2.05) is 0 Å². The molecule has 0 N–H and O–H groups in total. The molecule has 0 saturated heterocycles. The highest BCUT2D eigenvalue weighted by atomic mass is 79.9. The van der Waals surface area contributed by atoms with Crippen LogP contribution in [0.15, 0.2) is 9.23 Å². The van der Waals surface area contributed by atoms with E-state index in [0.717, 1.165) is 23.4 Å². The standard InChI is InChI=1S/C12H15BrN2O2/c13-11-10(14-17-15(11)16)12-4-7-1-8(5-12)3-9(2-7)6-12/h7-9H,1-6H2. The van der Waals surface area contributed by atoms with Crippen molar-refractivity contribution in [1.82, 2.24) is 5.16 Å². The van der Waals surface area contributed by atoms with Crippen LogP contribution < -0.4 is 4.90 Å². The molecular weight excluding hydrogens is 284 g/mol. The van der Waals surface area contributed by atoms with Crippen LogP contribution in [0.1, 0.15) is 44.2 Å². The normalized spacial score (nSPS) is 43.2. The molecule has 1 heterocycles. The second kappa shape index (κ2) is 3.25. The van der Waals surface area contributed by atoms with E-state index < -0.39 is 0 Å². The number of halogens is 1. The third kappa shape index (κ3) is 1.35. The van der Waals surface area contributed by atoms with Crippen molar-refractivity contribution in [3.63, 3.8) is 0 Å². The smallest absolute Gasteiger partial charge is 0.264 e. The summed E-state index contributed by atoms with van der Waals surface area (Å²) in [6, 6.07) is 0. The second-order valence-electron chi connectivity index (χ2n) is 6.27. The fourth-order valence-electron chi connectivity index (χ4n) is 4.95. The van der Waals surface area contributed by atoms with E-state index in [1.54, 1.807) is 0 Å². The van der Waals surface area contributed by atoms with Gasteiger partial charge in [0.1, 0.15) is 0 Å². The number of aromatic nitrogens is 2. The molecule has 0 amide bonds. The summed E-state index contributed by atoms with van der Waals surface area (Å²) in [6.45, 7) is 0. The lowest BCUT2D eigenvalue weighted by Crippen LogP contribution is -2.49. The fourth-order valence-corrected chi connectivity index (χ4v) is 5.51. The molecule has 4 aliphatic rings. The van der Waals surface area contributed by atoms with Gasteiger partial charge in [0.25, 0.3) is 4.60 Å². The molecule has 4 bridgehead atoms. The van der Waals surface area contributed by atoms with Crippen molar-refractivity contribution in [2.45, 2.75) is 43.9 Å². The zero-order valence-electron chi connectivity index (χ0n) is 9.56. The van der Waals surface area contributed by atoms with Crippen LogP contribution >= 0.6 is 15.9 Å². The molecule has 1 aromatic heterocycles. The van der Waals surface area contributed by atoms with E-state index in [-0.39, 0.29) is 5.41 Å². The zero-order valence-corrected chi connectivity index (χ0v) is 11.1. The van der Waals surface area contributed by atoms with E-state index in [0.29, 0.717) is 9.51 Å². The summed E-state index contributed by atoms with van der Waals surface area (Å²) in [5.74, 6) is 2.56. The van der Waals surface area contributed by atoms with Crippen molar-refractivity contribution < 1.29 is 9.53 Å². The van der Waals surface area contributed by atoms with Gasteiger partial charge in [0.2, 0.25) is 5.69 Å². The molecule has 17 heavy (non-hydrogen) atoms. The Morgan fingerprint density at radius 1 is 1.18 bits per heavy atom. The molecule has 1 aromatic rings. The zero-order chi connectivity index (χ0) is 11.6. The first-order chi connectivity index (χ1) is 8.16. The van der Waals surface area contributed by atoms with Gasteiger partial charge in [-0.3, -0.25) is 4.63 Å². The number of hydrogen-bond donors (Lipinski definition) is 0. The quantitative estimate of drug-likeness (QED) is 0.749. The molecule has 0 unspecified atom stereocenters. The second-order valence-corrected chi connectivity index (χ2v) is 7.02. The van der Waals surface area contributed by atoms with Crippen molar-refractivity contribution in [1.29, 1.82) is 0 Å². The molecule has 4 saturated carbocycles. The van der Waals surface area contributed by atoms with Crippen molar-refractivity contribution >= 4 is 15.9 Å². The van der Waals surface area contributed by atoms with Gasteiger partial charge in [-0.05, 0) is 61.2 Å². The maximum atomic E-state index is 11.4. The molecule has 4 aliphatic carbocycles. The number of nitrogens with zero attached hydrogens (tertiary/aromatic N) is 2. The van der Waals surface area contributed by atoms with E-state index in [9.17, 15) is 5.21 Å². The van der Waals surface area contributed by atoms with Gasteiger partial charge in [-0.2, -0.15) is 0 Å². The van der Waals surface area contributed by atoms with E-state index in [1.165, 1.54) is 38.5 Å². The first-order valence-electron chi connectivity index (χ1n) is 6.42. The van der Waals surface area contributed by atoms with Crippen LogP contribution in [0.4, 0.5) is 0 Å². The summed E-state index contributed by atoms with van der Waals surface area (Å²) < 4.78 is 5.25. The summed E-state index contributed by atoms with van der Waals surface area (Å²) in [5, 5.41) is 15.4. The Bertz CT molecular complexity index is 436. The lowest BCUT2D eigenvalue weighted by Gasteiger charge is -2.54. The molecule has 92 valence electrons. The minimum absolute atomic E-state index is 0.132. The average Bonchev–Trinajstić information content (AvgIpc) is 2.58. The van der Waals surface area contributed by atoms with Gasteiger partial charge in [0.15, 0.2) is 0 Å². The van der Waals surface area contributed by atoms with Crippen LogP contribution in [0.3, 0.4) is 0 Å². The number of rotatable bonds is 1. The first kappa shape index (κ1) is 10.4. The van der Waals surface area contributed by atoms with Crippen LogP contribution in [0.25, 0.3) is 0 Å². The lowest BCUT2D eigenvalue weighted by atomic mass is 9.49. The molecule has 0 aliphatic heterocycles. The van der Waals surface area contributed by atoms with Gasteiger partial charge >= 0.3 is 0 Å². The predicted octanol–water partition coefficient (Wildman–Crippen LogP) is 2.54. The van der Waals surface area contributed by atoms with Gasteiger partial charge in [-0.15, -0.1) is 0 Å². The van der Waals surface area contributed by atoms with Crippen molar-refractivity contribution in [3.05, 3.63) is 15.5 Å². The summed E-state index contributed by atoms with van der Waals surface area (Å²) in [6.07, 6.45) is 7.78. The Hall–Kier alpha value is -0.580. The Balaban J connectivity index is 1.80. The Kier molecular flexibility index (Phi) is 1.98.